The van der Waals surface area contributed by atoms with Crippen LogP contribution in [0.2, 0.25) is 0 Å². The number of hydrogen-bond donors (Lipinski definition) is 1. The van der Waals surface area contributed by atoms with Crippen molar-refractivity contribution in [3.05, 3.63) is 29.3 Å². The number of benzene rings is 1. The van der Waals surface area contributed by atoms with Gasteiger partial charge in [0.15, 0.2) is 5.78 Å². The van der Waals surface area contributed by atoms with E-state index < -0.39 is 0 Å². The van der Waals surface area contributed by atoms with Crippen LogP contribution in [0.1, 0.15) is 29.8 Å². The smallest absolute Gasteiger partial charge is 0.161 e. The maximum Gasteiger partial charge on any atom is 0.161 e. The van der Waals surface area contributed by atoms with Gasteiger partial charge in [0, 0.05) is 44.0 Å². The van der Waals surface area contributed by atoms with Gasteiger partial charge >= 0.3 is 0 Å². The first kappa shape index (κ1) is 15.5. The topological polar surface area (TPSA) is 67.6 Å². The van der Waals surface area contributed by atoms with Crippen LogP contribution in [-0.2, 0) is 0 Å². The summed E-state index contributed by atoms with van der Waals surface area (Å²) in [6.07, 6.45) is -0.328. The summed E-state index contributed by atoms with van der Waals surface area (Å²) in [5.74, 6) is 0.0147. The van der Waals surface area contributed by atoms with Crippen molar-refractivity contribution in [2.75, 3.05) is 37.6 Å². The molecule has 0 unspecified atom stereocenters. The highest BCUT2D eigenvalue weighted by molar-refractivity contribution is 6.00. The Labute approximate surface area is 125 Å². The van der Waals surface area contributed by atoms with E-state index in [1.807, 2.05) is 0 Å². The molecular weight excluding hydrogens is 266 g/mol. The lowest BCUT2D eigenvalue weighted by Gasteiger charge is -2.37. The van der Waals surface area contributed by atoms with Crippen LogP contribution in [0.15, 0.2) is 18.2 Å². The summed E-state index contributed by atoms with van der Waals surface area (Å²) in [4.78, 5) is 16.1. The van der Waals surface area contributed by atoms with Crippen molar-refractivity contribution in [2.45, 2.75) is 20.0 Å². The molecule has 1 aliphatic heterocycles. The summed E-state index contributed by atoms with van der Waals surface area (Å²) in [5, 5.41) is 18.5. The van der Waals surface area contributed by atoms with Crippen LogP contribution >= 0.6 is 0 Å². The molecule has 0 saturated carbocycles. The fourth-order valence-corrected chi connectivity index (χ4v) is 2.71. The highest BCUT2D eigenvalue weighted by Crippen LogP contribution is 2.24. The van der Waals surface area contributed by atoms with Gasteiger partial charge < -0.3 is 10.0 Å². The van der Waals surface area contributed by atoms with Crippen molar-refractivity contribution in [2.24, 2.45) is 0 Å². The molecule has 0 amide bonds. The van der Waals surface area contributed by atoms with Gasteiger partial charge in [-0.25, -0.2) is 0 Å². The van der Waals surface area contributed by atoms with Gasteiger partial charge in [0.25, 0.3) is 0 Å². The van der Waals surface area contributed by atoms with Gasteiger partial charge in [-0.3, -0.25) is 9.69 Å². The molecule has 1 aliphatic rings. The number of piperazine rings is 1. The molecular formula is C16H21N3O2. The first-order valence-electron chi connectivity index (χ1n) is 7.21. The second-order valence-electron chi connectivity index (χ2n) is 5.54. The normalized spacial score (nSPS) is 17.3. The van der Waals surface area contributed by atoms with Gasteiger partial charge in [0.05, 0.1) is 17.7 Å². The Bertz CT molecular complexity index is 555. The third-order valence-corrected chi connectivity index (χ3v) is 3.74. The van der Waals surface area contributed by atoms with E-state index in [1.165, 1.54) is 0 Å². The van der Waals surface area contributed by atoms with Gasteiger partial charge in [0.2, 0.25) is 0 Å². The Balaban J connectivity index is 2.16. The van der Waals surface area contributed by atoms with Crippen LogP contribution in [0.4, 0.5) is 5.69 Å². The first-order chi connectivity index (χ1) is 10.0. The Morgan fingerprint density at radius 1 is 1.38 bits per heavy atom. The molecule has 5 nitrogen and oxygen atoms in total. The fourth-order valence-electron chi connectivity index (χ4n) is 2.71. The SMILES string of the molecule is CC(=O)c1ccc(C#N)cc1N1CCN(C[C@@H](C)O)CC1. The third-order valence-electron chi connectivity index (χ3n) is 3.74. The van der Waals surface area contributed by atoms with Gasteiger partial charge in [-0.2, -0.15) is 5.26 Å². The molecule has 1 heterocycles. The third kappa shape index (κ3) is 3.81. The molecule has 0 radical (unpaired) electrons. The molecule has 1 aromatic rings. The number of aliphatic hydroxyl groups is 1. The van der Waals surface area contributed by atoms with E-state index in [9.17, 15) is 9.90 Å². The standard InChI is InChI=1S/C16H21N3O2/c1-12(20)11-18-5-7-19(8-6-18)16-9-14(10-17)3-4-15(16)13(2)21/h3-4,9,12,20H,5-8,11H2,1-2H3/t12-/m1/s1. The minimum atomic E-state index is -0.328. The highest BCUT2D eigenvalue weighted by atomic mass is 16.3. The summed E-state index contributed by atoms with van der Waals surface area (Å²) in [6.45, 7) is 7.29. The summed E-state index contributed by atoms with van der Waals surface area (Å²) >= 11 is 0. The molecule has 1 N–H and O–H groups in total. The number of carbonyl (C=O) groups excluding carboxylic acids is 1. The minimum absolute atomic E-state index is 0.0147. The Hall–Kier alpha value is -1.90. The lowest BCUT2D eigenvalue weighted by molar-refractivity contribution is 0.101. The van der Waals surface area contributed by atoms with Crippen LogP contribution in [0.3, 0.4) is 0 Å². The lowest BCUT2D eigenvalue weighted by Crippen LogP contribution is -2.48. The molecule has 1 saturated heterocycles. The molecule has 0 aromatic heterocycles. The largest absolute Gasteiger partial charge is 0.392 e. The second kappa shape index (κ2) is 6.70. The molecule has 2 rings (SSSR count). The number of hydrogen-bond acceptors (Lipinski definition) is 5. The number of Topliss-reactive ketones (excluding diaryl/α,β-unsaturated/α-hetero) is 1. The fraction of sp³-hybridized carbons (Fsp3) is 0.500. The van der Waals surface area contributed by atoms with Crippen molar-refractivity contribution in [3.63, 3.8) is 0 Å². The molecule has 112 valence electrons. The zero-order chi connectivity index (χ0) is 15.4. The van der Waals surface area contributed by atoms with E-state index in [0.29, 0.717) is 17.7 Å². The monoisotopic (exact) mass is 287 g/mol. The Kier molecular flexibility index (Phi) is 4.94. The molecule has 5 heteroatoms. The van der Waals surface area contributed by atoms with Crippen LogP contribution in [-0.4, -0.2) is 54.6 Å². The minimum Gasteiger partial charge on any atom is -0.392 e. The Morgan fingerprint density at radius 3 is 2.57 bits per heavy atom. The van der Waals surface area contributed by atoms with Gasteiger partial charge in [0.1, 0.15) is 0 Å². The average molecular weight is 287 g/mol. The first-order valence-corrected chi connectivity index (χ1v) is 7.21. The molecule has 21 heavy (non-hydrogen) atoms. The zero-order valence-electron chi connectivity index (χ0n) is 12.5. The predicted molar refractivity (Wildman–Crippen MR) is 81.5 cm³/mol. The molecule has 0 aliphatic carbocycles. The van der Waals surface area contributed by atoms with Gasteiger partial charge in [-0.05, 0) is 32.0 Å². The Morgan fingerprint density at radius 2 is 2.05 bits per heavy atom. The maximum atomic E-state index is 11.8. The summed E-state index contributed by atoms with van der Waals surface area (Å²) in [5.41, 5.74) is 2.08. The highest BCUT2D eigenvalue weighted by Gasteiger charge is 2.21. The van der Waals surface area contributed by atoms with Gasteiger partial charge in [-0.1, -0.05) is 0 Å². The summed E-state index contributed by atoms with van der Waals surface area (Å²) < 4.78 is 0. The number of nitriles is 1. The van der Waals surface area contributed by atoms with Crippen molar-refractivity contribution in [1.82, 2.24) is 4.90 Å². The summed E-state index contributed by atoms with van der Waals surface area (Å²) in [6, 6.07) is 7.34. The number of carbonyl (C=O) groups is 1. The lowest BCUT2D eigenvalue weighted by atomic mass is 10.0. The number of β-amino-alcohol motifs (C(OH)–C–C–N with tert-alkyl or cyclic N) is 1. The summed E-state index contributed by atoms with van der Waals surface area (Å²) in [7, 11) is 0. The van der Waals surface area contributed by atoms with Crippen LogP contribution in [0, 0.1) is 11.3 Å². The van der Waals surface area contributed by atoms with E-state index in [0.717, 1.165) is 31.9 Å². The molecule has 1 fully saturated rings. The van der Waals surface area contributed by atoms with Crippen LogP contribution in [0.5, 0.6) is 0 Å². The number of rotatable bonds is 4. The van der Waals surface area contributed by atoms with Crippen molar-refractivity contribution in [3.8, 4) is 6.07 Å². The zero-order valence-corrected chi connectivity index (χ0v) is 12.5. The van der Waals surface area contributed by atoms with E-state index >= 15 is 0 Å². The predicted octanol–water partition coefficient (Wildman–Crippen LogP) is 1.26. The molecule has 1 aromatic carbocycles. The van der Waals surface area contributed by atoms with E-state index in [-0.39, 0.29) is 11.9 Å². The number of ketones is 1. The number of anilines is 1. The van der Waals surface area contributed by atoms with Gasteiger partial charge in [-0.15, -0.1) is 0 Å². The van der Waals surface area contributed by atoms with Crippen molar-refractivity contribution >= 4 is 11.5 Å². The average Bonchev–Trinajstić information content (AvgIpc) is 2.46. The van der Waals surface area contributed by atoms with Crippen molar-refractivity contribution in [1.29, 1.82) is 5.26 Å². The van der Waals surface area contributed by atoms with E-state index in [4.69, 9.17) is 5.26 Å². The van der Waals surface area contributed by atoms with E-state index in [2.05, 4.69) is 15.9 Å². The molecule has 0 bridgehead atoms. The molecule has 0 spiro atoms. The number of aliphatic hydroxyl groups excluding tert-OH is 1. The quantitative estimate of drug-likeness (QED) is 0.845. The van der Waals surface area contributed by atoms with Crippen molar-refractivity contribution < 1.29 is 9.90 Å². The van der Waals surface area contributed by atoms with Crippen LogP contribution in [0.25, 0.3) is 0 Å². The molecule has 1 atom stereocenters. The second-order valence-corrected chi connectivity index (χ2v) is 5.54. The van der Waals surface area contributed by atoms with E-state index in [1.54, 1.807) is 32.0 Å². The van der Waals surface area contributed by atoms with Crippen LogP contribution < -0.4 is 4.90 Å². The number of nitrogens with zero attached hydrogens (tertiary/aromatic N) is 3. The maximum absolute atomic E-state index is 11.8.